The summed E-state index contributed by atoms with van der Waals surface area (Å²) >= 11 is 2.17. The highest BCUT2D eigenvalue weighted by molar-refractivity contribution is 14.1. The fourth-order valence-electron chi connectivity index (χ4n) is 2.90. The van der Waals surface area contributed by atoms with Crippen LogP contribution in [-0.2, 0) is 6.18 Å². The predicted molar refractivity (Wildman–Crippen MR) is 129 cm³/mol. The van der Waals surface area contributed by atoms with E-state index in [1.165, 1.54) is 6.42 Å². The van der Waals surface area contributed by atoms with Crippen LogP contribution in [0.15, 0.2) is 54.7 Å². The summed E-state index contributed by atoms with van der Waals surface area (Å²) in [5.41, 5.74) is 0.200. The molecule has 3 aromatic rings. The number of alkyl halides is 3. The van der Waals surface area contributed by atoms with E-state index in [1.54, 1.807) is 36.4 Å². The Morgan fingerprint density at radius 3 is 2.22 bits per heavy atom. The van der Waals surface area contributed by atoms with Crippen molar-refractivity contribution in [3.8, 4) is 5.75 Å². The standard InChI is InChI=1S/C23H24F3IN4O/c1-2-3-4-5-14-32-19-12-10-17(11-13-19)29-21-20(23(24,25)26)15-28-22(31-21)30-18-8-6-16(27)7-9-18/h6-13,15H,2-5,14H2,1H3,(H2,28,29,30,31). The number of halogens is 4. The number of ether oxygens (including phenoxy) is 1. The molecular formula is C23H24F3IN4O. The van der Waals surface area contributed by atoms with Gasteiger partial charge >= 0.3 is 6.18 Å². The van der Waals surface area contributed by atoms with Gasteiger partial charge in [0.1, 0.15) is 17.1 Å². The summed E-state index contributed by atoms with van der Waals surface area (Å²) in [7, 11) is 0. The number of hydrogen-bond acceptors (Lipinski definition) is 5. The minimum atomic E-state index is -4.59. The molecule has 170 valence electrons. The smallest absolute Gasteiger partial charge is 0.421 e. The van der Waals surface area contributed by atoms with E-state index in [4.69, 9.17) is 4.74 Å². The lowest BCUT2D eigenvalue weighted by atomic mass is 10.2. The van der Waals surface area contributed by atoms with Crippen LogP contribution in [0.25, 0.3) is 0 Å². The van der Waals surface area contributed by atoms with Gasteiger partial charge in [-0.25, -0.2) is 4.98 Å². The van der Waals surface area contributed by atoms with E-state index in [-0.39, 0.29) is 11.8 Å². The Bertz CT molecular complexity index is 996. The maximum atomic E-state index is 13.5. The quantitative estimate of drug-likeness (QED) is 0.200. The van der Waals surface area contributed by atoms with E-state index < -0.39 is 11.7 Å². The number of nitrogens with zero attached hydrogens (tertiary/aromatic N) is 2. The van der Waals surface area contributed by atoms with Crippen molar-refractivity contribution in [1.82, 2.24) is 9.97 Å². The van der Waals surface area contributed by atoms with E-state index >= 15 is 0 Å². The average molecular weight is 556 g/mol. The van der Waals surface area contributed by atoms with Gasteiger partial charge in [0.25, 0.3) is 0 Å². The average Bonchev–Trinajstić information content (AvgIpc) is 2.76. The molecule has 0 radical (unpaired) electrons. The van der Waals surface area contributed by atoms with E-state index in [2.05, 4.69) is 50.1 Å². The Morgan fingerprint density at radius 1 is 0.906 bits per heavy atom. The molecule has 1 aromatic heterocycles. The van der Waals surface area contributed by atoms with Crippen molar-refractivity contribution in [3.63, 3.8) is 0 Å². The second-order valence-electron chi connectivity index (χ2n) is 7.14. The van der Waals surface area contributed by atoms with Crippen LogP contribution in [0.4, 0.5) is 36.3 Å². The lowest BCUT2D eigenvalue weighted by molar-refractivity contribution is -0.137. The first kappa shape index (κ1) is 24.1. The summed E-state index contributed by atoms with van der Waals surface area (Å²) in [6.45, 7) is 2.76. The van der Waals surface area contributed by atoms with Gasteiger partial charge in [-0.1, -0.05) is 26.2 Å². The van der Waals surface area contributed by atoms with Crippen molar-refractivity contribution >= 4 is 45.7 Å². The highest BCUT2D eigenvalue weighted by Gasteiger charge is 2.35. The number of unbranched alkanes of at least 4 members (excludes halogenated alkanes) is 3. The zero-order valence-corrected chi connectivity index (χ0v) is 19.7. The van der Waals surface area contributed by atoms with Gasteiger partial charge < -0.3 is 15.4 Å². The van der Waals surface area contributed by atoms with Crippen molar-refractivity contribution in [3.05, 3.63) is 63.9 Å². The summed E-state index contributed by atoms with van der Waals surface area (Å²) in [5, 5.41) is 5.69. The minimum Gasteiger partial charge on any atom is -0.494 e. The minimum absolute atomic E-state index is 0.0636. The van der Waals surface area contributed by atoms with Gasteiger partial charge in [0.2, 0.25) is 5.95 Å². The van der Waals surface area contributed by atoms with Crippen molar-refractivity contribution in [1.29, 1.82) is 0 Å². The first-order chi connectivity index (χ1) is 15.3. The molecular weight excluding hydrogens is 532 g/mol. The number of aromatic nitrogens is 2. The van der Waals surface area contributed by atoms with Crippen LogP contribution in [0.3, 0.4) is 0 Å². The summed E-state index contributed by atoms with van der Waals surface area (Å²) in [4.78, 5) is 7.90. The van der Waals surface area contributed by atoms with Crippen LogP contribution >= 0.6 is 22.6 Å². The van der Waals surface area contributed by atoms with Crippen LogP contribution in [-0.4, -0.2) is 16.6 Å². The molecule has 32 heavy (non-hydrogen) atoms. The fourth-order valence-corrected chi connectivity index (χ4v) is 3.26. The fraction of sp³-hybridized carbons (Fsp3) is 0.304. The van der Waals surface area contributed by atoms with Crippen LogP contribution in [0, 0.1) is 3.57 Å². The van der Waals surface area contributed by atoms with Crippen LogP contribution in [0.1, 0.15) is 38.2 Å². The highest BCUT2D eigenvalue weighted by atomic mass is 127. The number of anilines is 4. The number of benzene rings is 2. The Morgan fingerprint density at radius 2 is 1.56 bits per heavy atom. The molecule has 0 atom stereocenters. The molecule has 2 aromatic carbocycles. The number of hydrogen-bond donors (Lipinski definition) is 2. The SMILES string of the molecule is CCCCCCOc1ccc(Nc2nc(Nc3ccc(I)cc3)ncc2C(F)(F)F)cc1. The zero-order chi connectivity index (χ0) is 23.0. The molecule has 0 saturated carbocycles. The first-order valence-electron chi connectivity index (χ1n) is 10.3. The van der Waals surface area contributed by atoms with Gasteiger partial charge in [0.05, 0.1) is 6.61 Å². The predicted octanol–water partition coefficient (Wildman–Crippen LogP) is 7.55. The second kappa shape index (κ2) is 11.3. The molecule has 0 fully saturated rings. The molecule has 0 bridgehead atoms. The van der Waals surface area contributed by atoms with E-state index in [0.717, 1.165) is 29.0 Å². The van der Waals surface area contributed by atoms with Gasteiger partial charge in [-0.2, -0.15) is 18.2 Å². The molecule has 0 spiro atoms. The van der Waals surface area contributed by atoms with Gasteiger partial charge in [-0.15, -0.1) is 0 Å². The van der Waals surface area contributed by atoms with E-state index in [0.29, 0.717) is 23.7 Å². The first-order valence-corrected chi connectivity index (χ1v) is 11.4. The number of nitrogens with one attached hydrogen (secondary N) is 2. The Labute approximate surface area is 199 Å². The topological polar surface area (TPSA) is 59.1 Å². The lowest BCUT2D eigenvalue weighted by Gasteiger charge is -2.15. The third-order valence-electron chi connectivity index (χ3n) is 4.58. The van der Waals surface area contributed by atoms with E-state index in [1.807, 2.05) is 12.1 Å². The highest BCUT2D eigenvalue weighted by Crippen LogP contribution is 2.35. The summed E-state index contributed by atoms with van der Waals surface area (Å²) in [6, 6.07) is 14.1. The van der Waals surface area contributed by atoms with Crippen molar-refractivity contribution < 1.29 is 17.9 Å². The molecule has 0 aliphatic heterocycles. The number of rotatable bonds is 10. The molecule has 0 unspecified atom stereocenters. The Balaban J connectivity index is 1.72. The second-order valence-corrected chi connectivity index (χ2v) is 8.39. The molecule has 2 N–H and O–H groups in total. The molecule has 0 aliphatic rings. The largest absolute Gasteiger partial charge is 0.494 e. The summed E-state index contributed by atoms with van der Waals surface area (Å²) < 4.78 is 47.2. The Kier molecular flexibility index (Phi) is 8.54. The van der Waals surface area contributed by atoms with Crippen LogP contribution < -0.4 is 15.4 Å². The molecule has 9 heteroatoms. The van der Waals surface area contributed by atoms with Gasteiger partial charge in [-0.05, 0) is 77.5 Å². The summed E-state index contributed by atoms with van der Waals surface area (Å²) in [5.74, 6) is 0.411. The monoisotopic (exact) mass is 556 g/mol. The molecule has 5 nitrogen and oxygen atoms in total. The van der Waals surface area contributed by atoms with Gasteiger partial charge in [-0.3, -0.25) is 0 Å². The van der Waals surface area contributed by atoms with Crippen LogP contribution in [0.2, 0.25) is 0 Å². The molecule has 1 heterocycles. The van der Waals surface area contributed by atoms with Crippen molar-refractivity contribution in [2.45, 2.75) is 38.8 Å². The molecule has 0 saturated heterocycles. The van der Waals surface area contributed by atoms with Crippen molar-refractivity contribution in [2.24, 2.45) is 0 Å². The maximum absolute atomic E-state index is 13.5. The van der Waals surface area contributed by atoms with Gasteiger partial charge in [0, 0.05) is 21.1 Å². The molecule has 0 aliphatic carbocycles. The molecule has 3 rings (SSSR count). The zero-order valence-electron chi connectivity index (χ0n) is 17.5. The maximum Gasteiger partial charge on any atom is 0.421 e. The summed E-state index contributed by atoms with van der Waals surface area (Å²) in [6.07, 6.45) is 0.602. The Hall–Kier alpha value is -2.56. The lowest BCUT2D eigenvalue weighted by Crippen LogP contribution is -2.12. The van der Waals surface area contributed by atoms with E-state index in [9.17, 15) is 13.2 Å². The van der Waals surface area contributed by atoms with Gasteiger partial charge in [0.15, 0.2) is 0 Å². The normalized spacial score (nSPS) is 11.3. The third-order valence-corrected chi connectivity index (χ3v) is 5.30. The van der Waals surface area contributed by atoms with Crippen molar-refractivity contribution in [2.75, 3.05) is 17.2 Å². The molecule has 0 amide bonds. The third kappa shape index (κ3) is 7.25. The van der Waals surface area contributed by atoms with Crippen LogP contribution in [0.5, 0.6) is 5.75 Å².